The summed E-state index contributed by atoms with van der Waals surface area (Å²) in [6.07, 6.45) is 7.31. The van der Waals surface area contributed by atoms with Crippen LogP contribution in [0.1, 0.15) is 52.4 Å². The van der Waals surface area contributed by atoms with Crippen LogP contribution < -0.4 is 0 Å². The van der Waals surface area contributed by atoms with Gasteiger partial charge in [0, 0.05) is 0 Å². The Kier molecular flexibility index (Phi) is 62.9. The van der Waals surface area contributed by atoms with Crippen molar-refractivity contribution in [1.29, 1.82) is 0 Å². The molecule has 2 rings (SSSR count). The van der Waals surface area contributed by atoms with Crippen molar-refractivity contribution in [3.8, 4) is 0 Å². The van der Waals surface area contributed by atoms with Gasteiger partial charge in [0.1, 0.15) is 0 Å². The number of rotatable bonds is 4. The largest absolute Gasteiger partial charge is 0.343 e. The molecule has 0 fully saturated rings. The number of hydrogen-bond donors (Lipinski definition) is 0. The molecule has 0 atom stereocenters. The van der Waals surface area contributed by atoms with Gasteiger partial charge in [-0.25, -0.2) is 0 Å². The predicted molar refractivity (Wildman–Crippen MR) is 136 cm³/mol. The summed E-state index contributed by atoms with van der Waals surface area (Å²) in [5, 5.41) is 0. The third-order valence-corrected chi connectivity index (χ3v) is 2.42. The number of unbranched alkanes of at least 4 members (excludes halogenated alkanes) is 4. The quantitative estimate of drug-likeness (QED) is 0.270. The normalized spacial score (nSPS) is 7.14. The van der Waals surface area contributed by atoms with Crippen LogP contribution in [0.5, 0.6) is 0 Å². The van der Waals surface area contributed by atoms with E-state index in [1.807, 2.05) is 60.7 Å². The van der Waals surface area contributed by atoms with Crippen molar-refractivity contribution in [2.24, 2.45) is 0 Å². The van der Waals surface area contributed by atoms with Gasteiger partial charge in [-0.1, -0.05) is 39.5 Å². The first kappa shape index (κ1) is 37.4. The van der Waals surface area contributed by atoms with Crippen LogP contribution in [0.15, 0.2) is 60.7 Å². The molecular weight excluding hydrogens is 766 g/mol. The Morgan fingerprint density at radius 2 is 0.857 bits per heavy atom. The minimum Gasteiger partial charge on any atom is -0.343 e. The zero-order valence-electron chi connectivity index (χ0n) is 16.9. The molecule has 0 amide bonds. The Bertz CT molecular complexity index is 295. The van der Waals surface area contributed by atoms with E-state index in [0.29, 0.717) is 0 Å². The van der Waals surface area contributed by atoms with Gasteiger partial charge >= 0.3 is 85.9 Å². The van der Waals surface area contributed by atoms with Gasteiger partial charge < -0.3 is 13.8 Å². The number of halogens is 4. The van der Waals surface area contributed by atoms with Crippen molar-refractivity contribution in [3.63, 3.8) is 0 Å². The van der Waals surface area contributed by atoms with E-state index in [2.05, 4.69) is 88.7 Å². The zero-order valence-corrected chi connectivity index (χ0v) is 28.2. The maximum atomic E-state index is 3.68. The molecule has 0 nitrogen and oxygen atoms in total. The molecule has 0 radical (unpaired) electrons. The van der Waals surface area contributed by atoms with Gasteiger partial charge in [0.15, 0.2) is 0 Å². The molecule has 6 heteroatoms. The van der Waals surface area contributed by atoms with E-state index in [1.165, 1.54) is 25.7 Å². The number of benzene rings is 2. The van der Waals surface area contributed by atoms with Crippen LogP contribution in [0, 0.1) is 26.0 Å². The van der Waals surface area contributed by atoms with E-state index in [4.69, 9.17) is 0 Å². The molecule has 156 valence electrons. The smallest absolute Gasteiger partial charge is 0.0586 e. The van der Waals surface area contributed by atoms with Crippen molar-refractivity contribution >= 4 is 48.9 Å². The molecule has 0 N–H and O–H groups in total. The Morgan fingerprint density at radius 3 is 0.893 bits per heavy atom. The van der Waals surface area contributed by atoms with Crippen molar-refractivity contribution in [2.45, 2.75) is 52.4 Å². The fraction of sp³-hybridized carbons (Fsp3) is 0.364. The SMILES string of the molecule is [Br][Zr+2][Br].[Br][Zr+2][Br].[CH2-]CCCC.[CH2-]CCCC.[c-]1ccccc1.[c-]1ccccc1. The maximum Gasteiger partial charge on any atom is -0.0586 e. The average molecular weight is 799 g/mol. The van der Waals surface area contributed by atoms with E-state index in [0.717, 1.165) is 12.8 Å². The Morgan fingerprint density at radius 1 is 0.607 bits per heavy atom. The minimum absolute atomic E-state index is 0.145. The molecule has 0 saturated carbocycles. The second-order valence-corrected chi connectivity index (χ2v) is 27.4. The Balaban J connectivity index is -0.000000126. The fourth-order valence-electron chi connectivity index (χ4n) is 1.18. The standard InChI is InChI=1S/2C6H5.2C5H11.4BrH.2Zr/c2*1-2-4-6-5-3-1;2*1-3-5-4-2;;;;;;/h2*1-5H;2*1,3-5H2,2H3;4*1H;;/q4*-1;;;;;2*+4/p-4. The van der Waals surface area contributed by atoms with Crippen molar-refractivity contribution in [3.05, 3.63) is 86.6 Å². The number of hydrogen-bond acceptors (Lipinski definition) is 0. The molecule has 0 aromatic heterocycles. The summed E-state index contributed by atoms with van der Waals surface area (Å²) in [5.74, 6) is 0. The first-order chi connectivity index (χ1) is 13.7. The molecule has 2 aromatic carbocycles. The Labute approximate surface area is 221 Å². The summed E-state index contributed by atoms with van der Waals surface area (Å²) in [6.45, 7) is 11.7. The second-order valence-electron chi connectivity index (χ2n) is 4.71. The molecule has 0 unspecified atom stereocenters. The van der Waals surface area contributed by atoms with Gasteiger partial charge in [-0.05, 0) is 0 Å². The van der Waals surface area contributed by atoms with E-state index in [-0.39, 0.29) is 37.1 Å². The van der Waals surface area contributed by atoms with Crippen LogP contribution in [-0.2, 0) is 37.1 Å². The van der Waals surface area contributed by atoms with Gasteiger partial charge in [0.25, 0.3) is 0 Å². The molecule has 0 aliphatic carbocycles. The van der Waals surface area contributed by atoms with Crippen LogP contribution >= 0.6 is 48.9 Å². The van der Waals surface area contributed by atoms with E-state index < -0.39 is 0 Å². The monoisotopic (exact) mass is 792 g/mol. The predicted octanol–water partition coefficient (Wildman–Crippen LogP) is 10.4. The van der Waals surface area contributed by atoms with Gasteiger partial charge in [0.2, 0.25) is 0 Å². The van der Waals surface area contributed by atoms with Crippen molar-refractivity contribution < 1.29 is 37.1 Å². The van der Waals surface area contributed by atoms with E-state index >= 15 is 0 Å². The molecule has 0 saturated heterocycles. The fourth-order valence-corrected chi connectivity index (χ4v) is 1.18. The maximum absolute atomic E-state index is 3.68. The molecule has 0 spiro atoms. The second kappa shape index (κ2) is 47.1. The summed E-state index contributed by atoms with van der Waals surface area (Å²) in [7, 11) is 0. The zero-order chi connectivity index (χ0) is 22.1. The van der Waals surface area contributed by atoms with Gasteiger partial charge in [-0.3, -0.25) is 0 Å². The van der Waals surface area contributed by atoms with E-state index in [1.54, 1.807) is 0 Å². The van der Waals surface area contributed by atoms with Gasteiger partial charge in [-0.15, -0.1) is 0 Å². The molecule has 0 heterocycles. The van der Waals surface area contributed by atoms with Crippen LogP contribution in [0.3, 0.4) is 0 Å². The molecule has 2 aromatic rings. The molecule has 0 aliphatic heterocycles. The van der Waals surface area contributed by atoms with Crippen LogP contribution in [-0.4, -0.2) is 0 Å². The third-order valence-electron chi connectivity index (χ3n) is 2.42. The van der Waals surface area contributed by atoms with Gasteiger partial charge in [-0.2, -0.15) is 85.6 Å². The van der Waals surface area contributed by atoms with Gasteiger partial charge in [0.05, 0.1) is 0 Å². The summed E-state index contributed by atoms with van der Waals surface area (Å²) in [6, 6.07) is 25.0. The summed E-state index contributed by atoms with van der Waals surface area (Å²) >= 11 is 12.6. The first-order valence-electron chi connectivity index (χ1n) is 8.99. The molecule has 0 aliphatic rings. The van der Waals surface area contributed by atoms with Crippen LogP contribution in [0.4, 0.5) is 0 Å². The molecule has 28 heavy (non-hydrogen) atoms. The summed E-state index contributed by atoms with van der Waals surface area (Å²) in [5.41, 5.74) is 0. The summed E-state index contributed by atoms with van der Waals surface area (Å²) in [4.78, 5) is 0. The average Bonchev–Trinajstić information content (AvgIpc) is 2.74. The molecular formula is C22H32Br4Zr2. The summed E-state index contributed by atoms with van der Waals surface area (Å²) < 4.78 is 0. The van der Waals surface area contributed by atoms with E-state index in [9.17, 15) is 0 Å². The minimum atomic E-state index is -0.145. The third kappa shape index (κ3) is 63.0. The van der Waals surface area contributed by atoms with Crippen molar-refractivity contribution in [2.75, 3.05) is 0 Å². The van der Waals surface area contributed by atoms with Crippen LogP contribution in [0.2, 0.25) is 0 Å². The first-order valence-corrected chi connectivity index (χ1v) is 31.5. The topological polar surface area (TPSA) is 0 Å². The van der Waals surface area contributed by atoms with Crippen molar-refractivity contribution in [1.82, 2.24) is 0 Å². The van der Waals surface area contributed by atoms with Crippen LogP contribution in [0.25, 0.3) is 0 Å². The molecule has 0 bridgehead atoms. The Hall–Kier alpha value is 2.13.